The lowest BCUT2D eigenvalue weighted by atomic mass is 9.85. The highest BCUT2D eigenvalue weighted by Gasteiger charge is 2.37. The molecule has 30 heavy (non-hydrogen) atoms. The van der Waals surface area contributed by atoms with Gasteiger partial charge < -0.3 is 18.8 Å². The molecule has 5 nitrogen and oxygen atoms in total. The molecule has 0 bridgehead atoms. The Labute approximate surface area is 182 Å². The van der Waals surface area contributed by atoms with Crippen molar-refractivity contribution >= 4 is 12.4 Å². The van der Waals surface area contributed by atoms with Crippen LogP contribution < -0.4 is 4.74 Å². The number of methoxy groups -OCH3 is 1. The van der Waals surface area contributed by atoms with E-state index in [1.165, 1.54) is 6.07 Å². The third-order valence-corrected chi connectivity index (χ3v) is 5.57. The lowest BCUT2D eigenvalue weighted by Crippen LogP contribution is -2.36. The van der Waals surface area contributed by atoms with E-state index in [2.05, 4.69) is 4.98 Å². The van der Waals surface area contributed by atoms with Crippen molar-refractivity contribution in [1.29, 1.82) is 0 Å². The highest BCUT2D eigenvalue weighted by atomic mass is 35.5. The first-order chi connectivity index (χ1) is 14.1. The van der Waals surface area contributed by atoms with Crippen molar-refractivity contribution in [2.75, 3.05) is 20.3 Å². The quantitative estimate of drug-likeness (QED) is 0.551. The maximum absolute atomic E-state index is 14.6. The number of imidazole rings is 1. The average Bonchev–Trinajstić information content (AvgIpc) is 3.20. The first-order valence-electron chi connectivity index (χ1n) is 9.76. The van der Waals surface area contributed by atoms with Gasteiger partial charge in [0.15, 0.2) is 0 Å². The van der Waals surface area contributed by atoms with Crippen LogP contribution in [0.15, 0.2) is 54.9 Å². The highest BCUT2D eigenvalue weighted by Crippen LogP contribution is 2.38. The molecule has 0 atom stereocenters. The van der Waals surface area contributed by atoms with Gasteiger partial charge in [-0.3, -0.25) is 0 Å². The summed E-state index contributed by atoms with van der Waals surface area (Å²) in [7, 11) is 1.63. The molecular weight excluding hydrogens is 407 g/mol. The van der Waals surface area contributed by atoms with Crippen LogP contribution in [-0.4, -0.2) is 29.9 Å². The van der Waals surface area contributed by atoms with E-state index < -0.39 is 5.60 Å². The third kappa shape index (κ3) is 4.51. The van der Waals surface area contributed by atoms with Gasteiger partial charge in [-0.15, -0.1) is 12.4 Å². The first-order valence-corrected chi connectivity index (χ1v) is 9.76. The Morgan fingerprint density at radius 1 is 1.13 bits per heavy atom. The Bertz CT molecular complexity index is 969. The molecule has 2 heterocycles. The molecule has 0 radical (unpaired) electrons. The van der Waals surface area contributed by atoms with Crippen molar-refractivity contribution in [3.63, 3.8) is 0 Å². The number of nitrogens with zero attached hydrogens (tertiary/aromatic N) is 2. The van der Waals surface area contributed by atoms with Gasteiger partial charge in [0.05, 0.1) is 0 Å². The fourth-order valence-electron chi connectivity index (χ4n) is 3.80. The van der Waals surface area contributed by atoms with E-state index in [0.717, 1.165) is 17.1 Å². The summed E-state index contributed by atoms with van der Waals surface area (Å²) in [4.78, 5) is 4.25. The maximum Gasteiger partial charge on any atom is 0.129 e. The highest BCUT2D eigenvalue weighted by molar-refractivity contribution is 5.85. The molecule has 4 rings (SSSR count). The number of hydrogen-bond acceptors (Lipinski definition) is 4. The largest absolute Gasteiger partial charge is 0.489 e. The minimum atomic E-state index is -0.661. The van der Waals surface area contributed by atoms with Crippen LogP contribution in [0.5, 0.6) is 5.75 Å². The summed E-state index contributed by atoms with van der Waals surface area (Å²) in [6, 6.07) is 13.0. The van der Waals surface area contributed by atoms with E-state index in [9.17, 15) is 4.39 Å². The van der Waals surface area contributed by atoms with Gasteiger partial charge in [0.1, 0.15) is 29.6 Å². The Hall–Kier alpha value is -2.41. The lowest BCUT2D eigenvalue weighted by Gasteiger charge is -2.36. The van der Waals surface area contributed by atoms with Crippen molar-refractivity contribution < 1.29 is 18.6 Å². The molecule has 1 fully saturated rings. The van der Waals surface area contributed by atoms with Gasteiger partial charge in [0.2, 0.25) is 0 Å². The van der Waals surface area contributed by atoms with Crippen LogP contribution in [0.1, 0.15) is 29.8 Å². The molecular formula is C23H26ClFN2O3. The van der Waals surface area contributed by atoms with Crippen LogP contribution in [0.2, 0.25) is 0 Å². The molecule has 0 aliphatic carbocycles. The summed E-state index contributed by atoms with van der Waals surface area (Å²) in [5.74, 6) is 1.29. The molecule has 1 saturated heterocycles. The van der Waals surface area contributed by atoms with Crippen molar-refractivity contribution in [3.8, 4) is 11.4 Å². The van der Waals surface area contributed by atoms with E-state index in [1.54, 1.807) is 25.4 Å². The standard InChI is InChI=1S/C23H25FN2O3.ClH/c1-17-25-11-12-26(17)19-5-3-18(4-6-19)16-29-20-7-8-22(24)21(15-20)23(27-2)9-13-28-14-10-23;/h3-8,11-12,15H,9-10,13-14,16H2,1-2H3;1H. The second-order valence-electron chi connectivity index (χ2n) is 7.25. The predicted octanol–water partition coefficient (Wildman–Crippen LogP) is 4.97. The fraction of sp³-hybridized carbons (Fsp3) is 0.348. The Balaban J connectivity index is 0.00000256. The van der Waals surface area contributed by atoms with Crippen LogP contribution in [0.4, 0.5) is 4.39 Å². The minimum absolute atomic E-state index is 0. The number of aryl methyl sites for hydroxylation is 1. The number of halogens is 2. The first kappa shape index (κ1) is 22.3. The van der Waals surface area contributed by atoms with E-state index in [1.807, 2.05) is 42.0 Å². The van der Waals surface area contributed by atoms with Gasteiger partial charge in [-0.25, -0.2) is 9.37 Å². The van der Waals surface area contributed by atoms with Crippen LogP contribution in [0.25, 0.3) is 5.69 Å². The smallest absolute Gasteiger partial charge is 0.129 e. The fourth-order valence-corrected chi connectivity index (χ4v) is 3.80. The SMILES string of the molecule is COC1(c2cc(OCc3ccc(-n4ccnc4C)cc3)ccc2F)CCOCC1.Cl. The monoisotopic (exact) mass is 432 g/mol. The third-order valence-electron chi connectivity index (χ3n) is 5.57. The van der Waals surface area contributed by atoms with Gasteiger partial charge in [0, 0.05) is 56.8 Å². The zero-order valence-electron chi connectivity index (χ0n) is 17.1. The minimum Gasteiger partial charge on any atom is -0.489 e. The van der Waals surface area contributed by atoms with Gasteiger partial charge in [-0.1, -0.05) is 12.1 Å². The van der Waals surface area contributed by atoms with E-state index in [4.69, 9.17) is 14.2 Å². The van der Waals surface area contributed by atoms with Gasteiger partial charge in [-0.2, -0.15) is 0 Å². The molecule has 1 aliphatic rings. The molecule has 0 amide bonds. The summed E-state index contributed by atoms with van der Waals surface area (Å²) >= 11 is 0. The number of benzene rings is 2. The predicted molar refractivity (Wildman–Crippen MR) is 115 cm³/mol. The molecule has 160 valence electrons. The van der Waals surface area contributed by atoms with Gasteiger partial charge in [0.25, 0.3) is 0 Å². The molecule has 0 saturated carbocycles. The Morgan fingerprint density at radius 3 is 2.50 bits per heavy atom. The summed E-state index contributed by atoms with van der Waals surface area (Å²) < 4.78 is 33.7. The summed E-state index contributed by atoms with van der Waals surface area (Å²) in [6.07, 6.45) is 4.96. The normalized spacial score (nSPS) is 15.4. The second kappa shape index (κ2) is 9.60. The molecule has 2 aromatic carbocycles. The molecule has 0 spiro atoms. The summed E-state index contributed by atoms with van der Waals surface area (Å²) in [5, 5.41) is 0. The van der Waals surface area contributed by atoms with Crippen LogP contribution in [-0.2, 0) is 21.7 Å². The zero-order valence-corrected chi connectivity index (χ0v) is 18.0. The summed E-state index contributed by atoms with van der Waals surface area (Å²) in [6.45, 7) is 3.48. The number of ether oxygens (including phenoxy) is 3. The van der Waals surface area contributed by atoms with Crippen molar-refractivity contribution in [2.24, 2.45) is 0 Å². The topological polar surface area (TPSA) is 45.5 Å². The summed E-state index contributed by atoms with van der Waals surface area (Å²) in [5.41, 5.74) is 1.96. The van der Waals surface area contributed by atoms with Gasteiger partial charge >= 0.3 is 0 Å². The number of hydrogen-bond donors (Lipinski definition) is 0. The lowest BCUT2D eigenvalue weighted by molar-refractivity contribution is -0.0966. The number of rotatable bonds is 6. The van der Waals surface area contributed by atoms with Crippen LogP contribution >= 0.6 is 12.4 Å². The van der Waals surface area contributed by atoms with Crippen molar-refractivity contribution in [1.82, 2.24) is 9.55 Å². The molecule has 3 aromatic rings. The van der Waals surface area contributed by atoms with Crippen molar-refractivity contribution in [3.05, 3.63) is 77.6 Å². The average molecular weight is 433 g/mol. The zero-order chi connectivity index (χ0) is 20.3. The molecule has 0 N–H and O–H groups in total. The maximum atomic E-state index is 14.6. The Morgan fingerprint density at radius 2 is 1.87 bits per heavy atom. The van der Waals surface area contributed by atoms with E-state index in [-0.39, 0.29) is 18.2 Å². The Kier molecular flexibility index (Phi) is 7.13. The van der Waals surface area contributed by atoms with Crippen LogP contribution in [0.3, 0.4) is 0 Å². The molecule has 1 aliphatic heterocycles. The van der Waals surface area contributed by atoms with Crippen LogP contribution in [0, 0.1) is 12.7 Å². The van der Waals surface area contributed by atoms with Gasteiger partial charge in [-0.05, 0) is 42.8 Å². The molecule has 0 unspecified atom stereocenters. The second-order valence-corrected chi connectivity index (χ2v) is 7.25. The van der Waals surface area contributed by atoms with E-state index in [0.29, 0.717) is 44.0 Å². The van der Waals surface area contributed by atoms with Crippen molar-refractivity contribution in [2.45, 2.75) is 32.0 Å². The van der Waals surface area contributed by atoms with E-state index >= 15 is 0 Å². The molecule has 7 heteroatoms. The number of aromatic nitrogens is 2. The molecule has 1 aromatic heterocycles.